The Bertz CT molecular complexity index is 237. The SMILES string of the molecule is CCCNC(=O)CNC(=NC)NCCCOC.I. The van der Waals surface area contributed by atoms with E-state index >= 15 is 0 Å². The van der Waals surface area contributed by atoms with Gasteiger partial charge in [0.1, 0.15) is 0 Å². The molecule has 1 amide bonds. The zero-order valence-electron chi connectivity index (χ0n) is 11.4. The molecule has 0 saturated heterocycles. The summed E-state index contributed by atoms with van der Waals surface area (Å²) >= 11 is 0. The number of nitrogens with one attached hydrogen (secondary N) is 3. The summed E-state index contributed by atoms with van der Waals surface area (Å²) in [5.74, 6) is 0.611. The molecular formula is C11H25IN4O2. The van der Waals surface area contributed by atoms with Crippen LogP contribution in [0.2, 0.25) is 0 Å². The standard InChI is InChI=1S/C11H24N4O2.HI/c1-4-6-13-10(16)9-15-11(12-2)14-7-5-8-17-3;/h4-9H2,1-3H3,(H,13,16)(H2,12,14,15);1H. The number of rotatable bonds is 8. The Labute approximate surface area is 126 Å². The summed E-state index contributed by atoms with van der Waals surface area (Å²) in [6.07, 6.45) is 1.84. The van der Waals surface area contributed by atoms with E-state index in [1.54, 1.807) is 14.2 Å². The largest absolute Gasteiger partial charge is 0.385 e. The smallest absolute Gasteiger partial charge is 0.239 e. The summed E-state index contributed by atoms with van der Waals surface area (Å²) < 4.78 is 4.94. The average Bonchev–Trinajstić information content (AvgIpc) is 2.35. The van der Waals surface area contributed by atoms with Crippen LogP contribution in [0.1, 0.15) is 19.8 Å². The van der Waals surface area contributed by atoms with E-state index in [9.17, 15) is 4.79 Å². The monoisotopic (exact) mass is 372 g/mol. The number of nitrogens with zero attached hydrogens (tertiary/aromatic N) is 1. The van der Waals surface area contributed by atoms with Crippen molar-refractivity contribution >= 4 is 35.8 Å². The fourth-order valence-electron chi connectivity index (χ4n) is 1.13. The van der Waals surface area contributed by atoms with Crippen LogP contribution in [-0.4, -0.2) is 52.3 Å². The van der Waals surface area contributed by atoms with E-state index < -0.39 is 0 Å². The lowest BCUT2D eigenvalue weighted by atomic mass is 10.4. The molecule has 108 valence electrons. The predicted molar refractivity (Wildman–Crippen MR) is 84.6 cm³/mol. The van der Waals surface area contributed by atoms with Gasteiger partial charge >= 0.3 is 0 Å². The van der Waals surface area contributed by atoms with Gasteiger partial charge in [0.05, 0.1) is 6.54 Å². The van der Waals surface area contributed by atoms with Crippen LogP contribution in [0.5, 0.6) is 0 Å². The maximum atomic E-state index is 11.3. The molecule has 0 aromatic rings. The third-order valence-electron chi connectivity index (χ3n) is 2.03. The highest BCUT2D eigenvalue weighted by Gasteiger charge is 2.01. The van der Waals surface area contributed by atoms with Gasteiger partial charge in [-0.15, -0.1) is 24.0 Å². The number of methoxy groups -OCH3 is 1. The number of hydrogen-bond acceptors (Lipinski definition) is 3. The van der Waals surface area contributed by atoms with E-state index in [0.717, 1.165) is 19.4 Å². The molecule has 3 N–H and O–H groups in total. The first-order valence-corrected chi connectivity index (χ1v) is 5.94. The molecule has 18 heavy (non-hydrogen) atoms. The molecule has 0 aliphatic rings. The minimum absolute atomic E-state index is 0. The van der Waals surface area contributed by atoms with Gasteiger partial charge in [-0.3, -0.25) is 9.79 Å². The zero-order chi connectivity index (χ0) is 12.9. The first-order valence-electron chi connectivity index (χ1n) is 5.94. The van der Waals surface area contributed by atoms with Crippen LogP contribution in [0.4, 0.5) is 0 Å². The number of guanidine groups is 1. The van der Waals surface area contributed by atoms with Gasteiger partial charge < -0.3 is 20.7 Å². The number of carbonyl (C=O) groups is 1. The van der Waals surface area contributed by atoms with Crippen molar-refractivity contribution in [2.45, 2.75) is 19.8 Å². The van der Waals surface area contributed by atoms with E-state index in [0.29, 0.717) is 19.1 Å². The summed E-state index contributed by atoms with van der Waals surface area (Å²) in [6, 6.07) is 0. The molecule has 0 saturated carbocycles. The van der Waals surface area contributed by atoms with Crippen molar-refractivity contribution in [2.24, 2.45) is 4.99 Å². The number of carbonyl (C=O) groups excluding carboxylic acids is 1. The molecule has 0 spiro atoms. The van der Waals surface area contributed by atoms with Gasteiger partial charge in [0.15, 0.2) is 5.96 Å². The van der Waals surface area contributed by atoms with Crippen molar-refractivity contribution in [1.29, 1.82) is 0 Å². The van der Waals surface area contributed by atoms with E-state index in [1.807, 2.05) is 6.92 Å². The van der Waals surface area contributed by atoms with Gasteiger partial charge in [-0.1, -0.05) is 6.92 Å². The van der Waals surface area contributed by atoms with Crippen LogP contribution in [0, 0.1) is 0 Å². The third kappa shape index (κ3) is 11.9. The molecule has 0 radical (unpaired) electrons. The van der Waals surface area contributed by atoms with Gasteiger partial charge in [-0.25, -0.2) is 0 Å². The summed E-state index contributed by atoms with van der Waals surface area (Å²) in [6.45, 7) is 4.44. The highest BCUT2D eigenvalue weighted by Crippen LogP contribution is 1.78. The highest BCUT2D eigenvalue weighted by molar-refractivity contribution is 14.0. The summed E-state index contributed by atoms with van der Waals surface area (Å²) in [5.41, 5.74) is 0. The molecule has 0 aromatic heterocycles. The van der Waals surface area contributed by atoms with Gasteiger partial charge in [-0.2, -0.15) is 0 Å². The molecule has 0 rings (SSSR count). The number of hydrogen-bond donors (Lipinski definition) is 3. The first kappa shape index (κ1) is 19.8. The van der Waals surface area contributed by atoms with E-state index in [1.165, 1.54) is 0 Å². The molecule has 0 bridgehead atoms. The van der Waals surface area contributed by atoms with Crippen LogP contribution in [-0.2, 0) is 9.53 Å². The maximum Gasteiger partial charge on any atom is 0.239 e. The maximum absolute atomic E-state index is 11.3. The number of amides is 1. The second kappa shape index (κ2) is 14.5. The molecule has 7 heteroatoms. The van der Waals surface area contributed by atoms with Crippen molar-refractivity contribution in [3.63, 3.8) is 0 Å². The van der Waals surface area contributed by atoms with Crippen LogP contribution in [0.3, 0.4) is 0 Å². The lowest BCUT2D eigenvalue weighted by Crippen LogP contribution is -2.43. The van der Waals surface area contributed by atoms with Crippen LogP contribution < -0.4 is 16.0 Å². The van der Waals surface area contributed by atoms with Gasteiger partial charge in [0.25, 0.3) is 0 Å². The van der Waals surface area contributed by atoms with Gasteiger partial charge in [0, 0.05) is 33.9 Å². The van der Waals surface area contributed by atoms with Crippen molar-refractivity contribution in [3.05, 3.63) is 0 Å². The number of aliphatic imine (C=N–C) groups is 1. The number of ether oxygens (including phenoxy) is 1. The predicted octanol–water partition coefficient (Wildman–Crippen LogP) is 0.332. The van der Waals surface area contributed by atoms with Gasteiger partial charge in [-0.05, 0) is 12.8 Å². The Balaban J connectivity index is 0. The van der Waals surface area contributed by atoms with Crippen molar-refractivity contribution in [3.8, 4) is 0 Å². The summed E-state index contributed by atoms with van der Waals surface area (Å²) in [4.78, 5) is 15.3. The molecule has 0 aliphatic heterocycles. The zero-order valence-corrected chi connectivity index (χ0v) is 13.7. The molecule has 0 aromatic carbocycles. The van der Waals surface area contributed by atoms with Crippen LogP contribution in [0.15, 0.2) is 4.99 Å². The van der Waals surface area contributed by atoms with Crippen molar-refractivity contribution < 1.29 is 9.53 Å². The van der Waals surface area contributed by atoms with Crippen molar-refractivity contribution in [2.75, 3.05) is 40.4 Å². The fourth-order valence-corrected chi connectivity index (χ4v) is 1.13. The fraction of sp³-hybridized carbons (Fsp3) is 0.818. The first-order chi connectivity index (χ1) is 8.24. The molecule has 0 atom stereocenters. The Hall–Kier alpha value is -0.570. The molecule has 0 fully saturated rings. The molecule has 6 nitrogen and oxygen atoms in total. The highest BCUT2D eigenvalue weighted by atomic mass is 127. The molecule has 0 heterocycles. The molecule has 0 aliphatic carbocycles. The van der Waals surface area contributed by atoms with Crippen LogP contribution in [0.25, 0.3) is 0 Å². The Kier molecular flexibility index (Phi) is 15.9. The lowest BCUT2D eigenvalue weighted by molar-refractivity contribution is -0.120. The van der Waals surface area contributed by atoms with Gasteiger partial charge in [0.2, 0.25) is 5.91 Å². The molecule has 0 unspecified atom stereocenters. The third-order valence-corrected chi connectivity index (χ3v) is 2.03. The average molecular weight is 372 g/mol. The second-order valence-electron chi connectivity index (χ2n) is 3.55. The minimum Gasteiger partial charge on any atom is -0.385 e. The Morgan fingerprint density at radius 3 is 2.50 bits per heavy atom. The Morgan fingerprint density at radius 2 is 1.94 bits per heavy atom. The topological polar surface area (TPSA) is 74.8 Å². The quantitative estimate of drug-likeness (QED) is 0.249. The number of halogens is 1. The summed E-state index contributed by atoms with van der Waals surface area (Å²) in [7, 11) is 3.35. The molecular weight excluding hydrogens is 347 g/mol. The Morgan fingerprint density at radius 1 is 1.22 bits per heavy atom. The minimum atomic E-state index is -0.0216. The van der Waals surface area contributed by atoms with Crippen molar-refractivity contribution in [1.82, 2.24) is 16.0 Å². The second-order valence-corrected chi connectivity index (χ2v) is 3.55. The normalized spacial score (nSPS) is 10.5. The van der Waals surface area contributed by atoms with Crippen LogP contribution >= 0.6 is 24.0 Å². The van der Waals surface area contributed by atoms with E-state index in [2.05, 4.69) is 20.9 Å². The van der Waals surface area contributed by atoms with E-state index in [4.69, 9.17) is 4.74 Å². The van der Waals surface area contributed by atoms with E-state index in [-0.39, 0.29) is 36.4 Å². The lowest BCUT2D eigenvalue weighted by Gasteiger charge is -2.11. The summed E-state index contributed by atoms with van der Waals surface area (Å²) in [5, 5.41) is 8.82.